The number of imidazole rings is 1. The molecule has 0 unspecified atom stereocenters. The predicted molar refractivity (Wildman–Crippen MR) is 240 cm³/mol. The summed E-state index contributed by atoms with van der Waals surface area (Å²) in [6.07, 6.45) is 1.84. The first-order chi connectivity index (χ1) is 29.3. The zero-order valence-corrected chi connectivity index (χ0v) is 35.5. The van der Waals surface area contributed by atoms with Gasteiger partial charge in [0.25, 0.3) is 0 Å². The average Bonchev–Trinajstić information content (AvgIpc) is 3.66. The van der Waals surface area contributed by atoms with Gasteiger partial charge in [-0.3, -0.25) is 9.55 Å². The Kier molecular flexibility index (Phi) is 9.78. The maximum atomic E-state index is 12.2. The van der Waals surface area contributed by atoms with Crippen LogP contribution < -0.4 is 0 Å². The van der Waals surface area contributed by atoms with Gasteiger partial charge >= 0.3 is 0 Å². The van der Waals surface area contributed by atoms with Gasteiger partial charge in [-0.1, -0.05) is 164 Å². The number of aromatic hydroxyl groups is 1. The molecule has 0 radical (unpaired) electrons. The smallest absolute Gasteiger partial charge is 0.148 e. The molecule has 2 aromatic heterocycles. The minimum absolute atomic E-state index is 0. The first-order valence-electron chi connectivity index (χ1n) is 21.0. The Balaban J connectivity index is 0.00000529. The van der Waals surface area contributed by atoms with E-state index in [0.717, 1.165) is 78.1 Å². The summed E-state index contributed by atoms with van der Waals surface area (Å²) in [5, 5.41) is 12.2. The summed E-state index contributed by atoms with van der Waals surface area (Å²) in [5.74, 6) is 0.686. The van der Waals surface area contributed by atoms with E-state index in [1.807, 2.05) is 116 Å². The van der Waals surface area contributed by atoms with Crippen molar-refractivity contribution in [2.75, 3.05) is 0 Å². The first kappa shape index (κ1) is 35.8. The minimum atomic E-state index is -2.32. The Hall–Kier alpha value is -6.35. The number of aromatic nitrogens is 3. The van der Waals surface area contributed by atoms with Crippen LogP contribution >= 0.6 is 0 Å². The molecule has 0 bridgehead atoms. The minimum Gasteiger partial charge on any atom is -0.507 e. The van der Waals surface area contributed by atoms with Crippen molar-refractivity contribution in [1.82, 2.24) is 14.5 Å². The summed E-state index contributed by atoms with van der Waals surface area (Å²) in [4.78, 5) is 10.3. The molecule has 0 amide bonds. The summed E-state index contributed by atoms with van der Waals surface area (Å²) in [6.45, 7) is 5.97. The van der Waals surface area contributed by atoms with E-state index >= 15 is 0 Å². The Morgan fingerprint density at radius 3 is 1.92 bits per heavy atom. The van der Waals surface area contributed by atoms with Gasteiger partial charge in [-0.15, -0.1) is 23.8 Å². The zero-order valence-electron chi connectivity index (χ0n) is 36.3. The fourth-order valence-corrected chi connectivity index (χ4v) is 7.88. The Labute approximate surface area is 365 Å². The molecule has 0 aliphatic rings. The topological polar surface area (TPSA) is 50.9 Å². The number of rotatable bonds is 7. The second-order valence-electron chi connectivity index (χ2n) is 15.9. The van der Waals surface area contributed by atoms with Crippen molar-refractivity contribution >= 4 is 11.0 Å². The van der Waals surface area contributed by atoms with E-state index in [9.17, 15) is 5.11 Å². The van der Waals surface area contributed by atoms with Gasteiger partial charge in [-0.2, -0.15) is 0 Å². The molecule has 9 aromatic rings. The van der Waals surface area contributed by atoms with E-state index in [4.69, 9.17) is 14.1 Å². The molecule has 1 N–H and O–H groups in total. The second-order valence-corrected chi connectivity index (χ2v) is 15.9. The van der Waals surface area contributed by atoms with Gasteiger partial charge in [0.2, 0.25) is 0 Å². The Bertz CT molecular complexity index is 3060. The zero-order chi connectivity index (χ0) is 42.5. The number of phenols is 1. The van der Waals surface area contributed by atoms with Crippen LogP contribution in [-0.2, 0) is 26.5 Å². The van der Waals surface area contributed by atoms with E-state index < -0.39 is 6.85 Å². The summed E-state index contributed by atoms with van der Waals surface area (Å²) in [7, 11) is 0. The Morgan fingerprint density at radius 2 is 1.24 bits per heavy atom. The molecule has 0 spiro atoms. The fourth-order valence-electron chi connectivity index (χ4n) is 7.88. The van der Waals surface area contributed by atoms with Gasteiger partial charge in [0.1, 0.15) is 11.6 Å². The van der Waals surface area contributed by atoms with Gasteiger partial charge in [-0.25, -0.2) is 4.98 Å². The van der Waals surface area contributed by atoms with Crippen LogP contribution in [0.1, 0.15) is 41.6 Å². The molecule has 9 rings (SSSR count). The molecule has 0 fully saturated rings. The molecule has 0 atom stereocenters. The number of hydrogen-bond acceptors (Lipinski definition) is 3. The first-order valence-corrected chi connectivity index (χ1v) is 19.5. The van der Waals surface area contributed by atoms with Crippen LogP contribution in [-0.4, -0.2) is 19.6 Å². The molecule has 0 aliphatic heterocycles. The number of para-hydroxylation sites is 1. The molecule has 0 aliphatic carbocycles. The van der Waals surface area contributed by atoms with E-state index in [2.05, 4.69) is 79.9 Å². The molecule has 59 heavy (non-hydrogen) atoms. The van der Waals surface area contributed by atoms with Crippen molar-refractivity contribution in [2.24, 2.45) is 0 Å². The maximum Gasteiger partial charge on any atom is 0.148 e. The third-order valence-corrected chi connectivity index (χ3v) is 10.7. The molecule has 292 valence electrons. The number of hydrogen-bond donors (Lipinski definition) is 1. The standard InChI is InChI=1S/C54H44N3O.Pt/c1-35-24-25-49(45(28-35)39-20-13-8-14-21-39)57-50-23-15-22-44(51(50)56-53(57)46-29-36(2)30-47(52(46)58)54(3,4)5)42-31-41(38-18-11-7-12-19-38)32-43(33-42)48-34-40(26-27-55-48)37-16-9-6-10-17-37;/h6-32,34,58H,1-5H3;/q-1;/i1D3;. The third-order valence-electron chi connectivity index (χ3n) is 10.7. The summed E-state index contributed by atoms with van der Waals surface area (Å²) in [5.41, 5.74) is 13.6. The molecule has 7 aromatic carbocycles. The van der Waals surface area contributed by atoms with Gasteiger partial charge in [0, 0.05) is 48.2 Å². The van der Waals surface area contributed by atoms with Crippen molar-refractivity contribution < 1.29 is 30.3 Å². The second kappa shape index (κ2) is 16.1. The molecule has 5 heteroatoms. The quantitative estimate of drug-likeness (QED) is 0.162. The van der Waals surface area contributed by atoms with E-state index in [0.29, 0.717) is 16.9 Å². The number of benzene rings is 7. The summed E-state index contributed by atoms with van der Waals surface area (Å²) >= 11 is 0. The summed E-state index contributed by atoms with van der Waals surface area (Å²) in [6, 6.07) is 58.0. The predicted octanol–water partition coefficient (Wildman–Crippen LogP) is 13.8. The van der Waals surface area contributed by atoms with Crippen molar-refractivity contribution in [3.05, 3.63) is 193 Å². The van der Waals surface area contributed by atoms with Crippen molar-refractivity contribution in [3.8, 4) is 78.6 Å². The molecule has 0 saturated heterocycles. The van der Waals surface area contributed by atoms with Crippen LogP contribution in [0.3, 0.4) is 0 Å². The molecule has 4 nitrogen and oxygen atoms in total. The Morgan fingerprint density at radius 1 is 0.593 bits per heavy atom. The van der Waals surface area contributed by atoms with Gasteiger partial charge in [0.05, 0.1) is 22.3 Å². The van der Waals surface area contributed by atoms with E-state index in [1.54, 1.807) is 12.1 Å². The molecule has 0 saturated carbocycles. The van der Waals surface area contributed by atoms with Gasteiger partial charge < -0.3 is 5.11 Å². The number of fused-ring (bicyclic) bond motifs is 1. The third kappa shape index (κ3) is 7.69. The fraction of sp³-hybridized carbons (Fsp3) is 0.111. The number of aryl methyl sites for hydroxylation is 2. The summed E-state index contributed by atoms with van der Waals surface area (Å²) < 4.78 is 27.1. The average molecular weight is 949 g/mol. The number of pyridine rings is 1. The van der Waals surface area contributed by atoms with E-state index in [-0.39, 0.29) is 37.8 Å². The van der Waals surface area contributed by atoms with Crippen molar-refractivity contribution in [2.45, 2.75) is 40.0 Å². The van der Waals surface area contributed by atoms with Gasteiger partial charge in [-0.05, 0) is 77.3 Å². The van der Waals surface area contributed by atoms with Crippen LogP contribution in [0.4, 0.5) is 0 Å². The maximum absolute atomic E-state index is 12.2. The number of phenolic OH excluding ortho intramolecular Hbond substituents is 1. The normalized spacial score (nSPS) is 12.4. The molecular formula is C54H44N3OPt-. The van der Waals surface area contributed by atoms with Crippen LogP contribution in [0.25, 0.3) is 83.9 Å². The number of nitrogens with zero attached hydrogens (tertiary/aromatic N) is 3. The van der Waals surface area contributed by atoms with Crippen LogP contribution in [0.2, 0.25) is 0 Å². The molecular weight excluding hydrogens is 902 g/mol. The monoisotopic (exact) mass is 948 g/mol. The molecule has 2 heterocycles. The van der Waals surface area contributed by atoms with Crippen molar-refractivity contribution in [3.63, 3.8) is 0 Å². The van der Waals surface area contributed by atoms with Crippen LogP contribution in [0, 0.1) is 19.8 Å². The van der Waals surface area contributed by atoms with Gasteiger partial charge in [0.15, 0.2) is 0 Å². The SMILES string of the molecule is [2H]C([2H])([2H])c1ccc(-n2c(-c3cc(C)cc(C(C)(C)C)c3O)nc3c(-c4[c-]c(-c5cc(-c6ccccc6)ccn5)cc(-c5ccccc5)c4)cccc32)c(-c2ccccc2)c1.[Pt]. The van der Waals surface area contributed by atoms with Crippen LogP contribution in [0.15, 0.2) is 170 Å². The van der Waals surface area contributed by atoms with E-state index in [1.165, 1.54) is 0 Å². The van der Waals surface area contributed by atoms with Crippen molar-refractivity contribution in [1.29, 1.82) is 0 Å². The largest absolute Gasteiger partial charge is 0.507 e. The van der Waals surface area contributed by atoms with Crippen LogP contribution in [0.5, 0.6) is 5.75 Å².